The summed E-state index contributed by atoms with van der Waals surface area (Å²) in [5.74, 6) is 0. The zero-order valence-electron chi connectivity index (χ0n) is 5.51. The van der Waals surface area contributed by atoms with Crippen molar-refractivity contribution in [2.24, 2.45) is 5.73 Å². The fourth-order valence-electron chi connectivity index (χ4n) is 0.673. The van der Waals surface area contributed by atoms with Gasteiger partial charge < -0.3 is 5.73 Å². The van der Waals surface area contributed by atoms with Crippen molar-refractivity contribution < 1.29 is 4.39 Å². The first-order chi connectivity index (χ1) is 4.86. The van der Waals surface area contributed by atoms with Gasteiger partial charge in [-0.1, -0.05) is 0 Å². The largest absolute Gasteiger partial charge is 0.330 e. The monoisotopic (exact) mass is 160 g/mol. The second kappa shape index (κ2) is 3.63. The maximum atomic E-state index is 11.9. The molecule has 56 valence electrons. The molecular weight excluding hydrogens is 151 g/mol. The van der Waals surface area contributed by atoms with Crippen molar-refractivity contribution in [1.82, 2.24) is 4.98 Å². The summed E-state index contributed by atoms with van der Waals surface area (Å²) < 4.78 is 11.9. The van der Waals surface area contributed by atoms with Crippen LogP contribution in [0.25, 0.3) is 0 Å². The summed E-state index contributed by atoms with van der Waals surface area (Å²) >= 11 is 1.35. The number of thiazole rings is 1. The molecule has 0 aromatic carbocycles. The molecule has 2 nitrogen and oxygen atoms in total. The second-order valence-electron chi connectivity index (χ2n) is 1.90. The Balaban J connectivity index is 2.59. The Labute approximate surface area is 62.9 Å². The van der Waals surface area contributed by atoms with Crippen LogP contribution < -0.4 is 5.73 Å². The molecule has 0 amide bonds. The highest BCUT2D eigenvalue weighted by molar-refractivity contribution is 7.09. The lowest BCUT2D eigenvalue weighted by Crippen LogP contribution is -2.02. The van der Waals surface area contributed by atoms with Crippen LogP contribution in [0.15, 0.2) is 5.38 Å². The lowest BCUT2D eigenvalue weighted by molar-refractivity contribution is 0.483. The summed E-state index contributed by atoms with van der Waals surface area (Å²) in [7, 11) is 0. The van der Waals surface area contributed by atoms with E-state index >= 15 is 0 Å². The minimum Gasteiger partial charge on any atom is -0.330 e. The van der Waals surface area contributed by atoms with Crippen molar-refractivity contribution in [3.05, 3.63) is 16.1 Å². The van der Waals surface area contributed by atoms with Crippen molar-refractivity contribution in [1.29, 1.82) is 0 Å². The first-order valence-corrected chi connectivity index (χ1v) is 3.94. The predicted octanol–water partition coefficient (Wildman–Crippen LogP) is 1.11. The molecule has 0 saturated heterocycles. The van der Waals surface area contributed by atoms with E-state index in [2.05, 4.69) is 4.98 Å². The lowest BCUT2D eigenvalue weighted by Gasteiger charge is -1.87. The van der Waals surface area contributed by atoms with E-state index in [1.807, 2.05) is 5.38 Å². The molecule has 0 atom stereocenters. The molecule has 10 heavy (non-hydrogen) atoms. The molecular formula is C6H9FN2S. The van der Waals surface area contributed by atoms with Crippen molar-refractivity contribution in [3.8, 4) is 0 Å². The molecule has 0 unspecified atom stereocenters. The first kappa shape index (κ1) is 7.63. The third kappa shape index (κ3) is 1.75. The second-order valence-corrected chi connectivity index (χ2v) is 2.85. The van der Waals surface area contributed by atoms with Gasteiger partial charge in [-0.3, -0.25) is 0 Å². The van der Waals surface area contributed by atoms with E-state index in [0.717, 1.165) is 12.1 Å². The average molecular weight is 160 g/mol. The van der Waals surface area contributed by atoms with E-state index in [1.165, 1.54) is 11.3 Å². The highest BCUT2D eigenvalue weighted by Gasteiger charge is 1.98. The fraction of sp³-hybridized carbons (Fsp3) is 0.500. The normalized spacial score (nSPS) is 10.2. The molecule has 0 bridgehead atoms. The van der Waals surface area contributed by atoms with E-state index in [4.69, 9.17) is 5.73 Å². The van der Waals surface area contributed by atoms with Gasteiger partial charge in [-0.15, -0.1) is 11.3 Å². The summed E-state index contributed by atoms with van der Waals surface area (Å²) in [6, 6.07) is 0. The predicted molar refractivity (Wildman–Crippen MR) is 39.7 cm³/mol. The summed E-state index contributed by atoms with van der Waals surface area (Å²) in [4.78, 5) is 3.98. The number of halogens is 1. The van der Waals surface area contributed by atoms with Gasteiger partial charge in [0.05, 0.1) is 5.69 Å². The van der Waals surface area contributed by atoms with Gasteiger partial charge in [-0.2, -0.15) is 0 Å². The number of nitrogens with two attached hydrogens (primary N) is 1. The number of hydrogen-bond acceptors (Lipinski definition) is 3. The standard InChI is InChI=1S/C6H9FN2S/c7-3-6-9-5(1-2-8)4-10-6/h4H,1-3,8H2. The van der Waals surface area contributed by atoms with E-state index < -0.39 is 6.67 Å². The van der Waals surface area contributed by atoms with Crippen molar-refractivity contribution >= 4 is 11.3 Å². The summed E-state index contributed by atoms with van der Waals surface area (Å²) in [6.45, 7) is 0.116. The molecule has 4 heteroatoms. The number of nitrogens with zero attached hydrogens (tertiary/aromatic N) is 1. The third-order valence-corrected chi connectivity index (χ3v) is 1.98. The van der Waals surface area contributed by atoms with E-state index in [9.17, 15) is 4.39 Å². The average Bonchev–Trinajstić information content (AvgIpc) is 2.37. The number of hydrogen-bond donors (Lipinski definition) is 1. The minimum absolute atomic E-state index is 0.463. The highest BCUT2D eigenvalue weighted by atomic mass is 32.1. The van der Waals surface area contributed by atoms with Crippen LogP contribution in [0, 0.1) is 0 Å². The molecule has 0 fully saturated rings. The maximum absolute atomic E-state index is 11.9. The molecule has 0 radical (unpaired) electrons. The smallest absolute Gasteiger partial charge is 0.141 e. The Kier molecular flexibility index (Phi) is 2.77. The molecule has 1 heterocycles. The lowest BCUT2D eigenvalue weighted by atomic mass is 10.3. The van der Waals surface area contributed by atoms with Crippen LogP contribution in [-0.4, -0.2) is 11.5 Å². The molecule has 0 aliphatic rings. The van der Waals surface area contributed by atoms with Crippen LogP contribution in [0.4, 0.5) is 4.39 Å². The van der Waals surface area contributed by atoms with Gasteiger partial charge >= 0.3 is 0 Å². The minimum atomic E-state index is -0.463. The molecule has 0 aliphatic carbocycles. The Bertz CT molecular complexity index is 199. The molecule has 1 rings (SSSR count). The Morgan fingerprint density at radius 3 is 3.00 bits per heavy atom. The van der Waals surface area contributed by atoms with Crippen molar-refractivity contribution in [2.45, 2.75) is 13.1 Å². The third-order valence-electron chi connectivity index (χ3n) is 1.11. The molecule has 0 aliphatic heterocycles. The summed E-state index contributed by atoms with van der Waals surface area (Å²) in [6.07, 6.45) is 0.747. The molecule has 0 spiro atoms. The molecule has 1 aromatic heterocycles. The van der Waals surface area contributed by atoms with E-state index in [0.29, 0.717) is 11.6 Å². The maximum Gasteiger partial charge on any atom is 0.141 e. The van der Waals surface area contributed by atoms with Gasteiger partial charge in [0, 0.05) is 11.8 Å². The van der Waals surface area contributed by atoms with Crippen molar-refractivity contribution in [2.75, 3.05) is 6.54 Å². The van der Waals surface area contributed by atoms with E-state index in [-0.39, 0.29) is 0 Å². The zero-order valence-corrected chi connectivity index (χ0v) is 6.33. The molecule has 0 saturated carbocycles. The Hall–Kier alpha value is -0.480. The van der Waals surface area contributed by atoms with Gasteiger partial charge in [0.2, 0.25) is 0 Å². The van der Waals surface area contributed by atoms with Gasteiger partial charge in [0.25, 0.3) is 0 Å². The molecule has 2 N–H and O–H groups in total. The van der Waals surface area contributed by atoms with Gasteiger partial charge in [-0.25, -0.2) is 9.37 Å². The Morgan fingerprint density at radius 2 is 2.50 bits per heavy atom. The fourth-order valence-corrected chi connectivity index (χ4v) is 1.35. The number of alkyl halides is 1. The van der Waals surface area contributed by atoms with Crippen LogP contribution >= 0.6 is 11.3 Å². The van der Waals surface area contributed by atoms with E-state index in [1.54, 1.807) is 0 Å². The zero-order chi connectivity index (χ0) is 7.40. The van der Waals surface area contributed by atoms with Crippen LogP contribution in [0.2, 0.25) is 0 Å². The highest BCUT2D eigenvalue weighted by Crippen LogP contribution is 2.10. The number of aromatic nitrogens is 1. The topological polar surface area (TPSA) is 38.9 Å². The molecule has 1 aromatic rings. The van der Waals surface area contributed by atoms with Crippen LogP contribution in [0.5, 0.6) is 0 Å². The van der Waals surface area contributed by atoms with Gasteiger partial charge in [0.15, 0.2) is 0 Å². The van der Waals surface area contributed by atoms with Crippen LogP contribution in [0.3, 0.4) is 0 Å². The summed E-state index contributed by atoms with van der Waals surface area (Å²) in [5, 5.41) is 2.39. The van der Waals surface area contributed by atoms with Gasteiger partial charge in [0.1, 0.15) is 11.7 Å². The van der Waals surface area contributed by atoms with Crippen molar-refractivity contribution in [3.63, 3.8) is 0 Å². The van der Waals surface area contributed by atoms with Crippen LogP contribution in [0.1, 0.15) is 10.7 Å². The van der Waals surface area contributed by atoms with Gasteiger partial charge in [-0.05, 0) is 6.54 Å². The SMILES string of the molecule is NCCc1csc(CF)n1. The Morgan fingerprint density at radius 1 is 1.70 bits per heavy atom. The quantitative estimate of drug-likeness (QED) is 0.719. The summed E-state index contributed by atoms with van der Waals surface area (Å²) in [5.41, 5.74) is 6.19. The number of rotatable bonds is 3. The first-order valence-electron chi connectivity index (χ1n) is 3.06. The van der Waals surface area contributed by atoms with Crippen LogP contribution in [-0.2, 0) is 13.1 Å².